The molecule has 15 heavy (non-hydrogen) atoms. The van der Waals surface area contributed by atoms with E-state index in [0.29, 0.717) is 5.56 Å². The van der Waals surface area contributed by atoms with E-state index in [1.807, 2.05) is 24.0 Å². The number of hydrogen-bond acceptors (Lipinski definition) is 3. The monoisotopic (exact) mass is 203 g/mol. The van der Waals surface area contributed by atoms with Crippen molar-refractivity contribution >= 4 is 0 Å². The van der Waals surface area contributed by atoms with E-state index < -0.39 is 11.3 Å². The van der Waals surface area contributed by atoms with Crippen LogP contribution in [-0.4, -0.2) is 4.98 Å². The number of benzene rings is 1. The number of aryl methyl sites for hydroxylation is 1. The van der Waals surface area contributed by atoms with Crippen LogP contribution in [0.1, 0.15) is 5.56 Å². The van der Waals surface area contributed by atoms with Gasteiger partial charge in [0.15, 0.2) is 0 Å². The Bertz CT molecular complexity index is 550. The molecule has 0 unspecified atom stereocenters. The Kier molecular flexibility index (Phi) is 2.25. The van der Waals surface area contributed by atoms with E-state index >= 15 is 0 Å². The Morgan fingerprint density at radius 3 is 2.40 bits per heavy atom. The fourth-order valence-corrected chi connectivity index (χ4v) is 1.27. The first-order valence-electron chi connectivity index (χ1n) is 4.47. The lowest BCUT2D eigenvalue weighted by molar-refractivity contribution is 0.494. The van der Waals surface area contributed by atoms with Gasteiger partial charge in [0.25, 0.3) is 5.56 Å². The molecule has 2 aromatic rings. The minimum absolute atomic E-state index is 0.281. The van der Waals surface area contributed by atoms with Gasteiger partial charge in [-0.3, -0.25) is 9.78 Å². The summed E-state index contributed by atoms with van der Waals surface area (Å²) in [5, 5.41) is 0. The van der Waals surface area contributed by atoms with Crippen molar-refractivity contribution in [2.75, 3.05) is 0 Å². The summed E-state index contributed by atoms with van der Waals surface area (Å²) in [7, 11) is 0. The van der Waals surface area contributed by atoms with Crippen LogP contribution < -0.4 is 11.3 Å². The lowest BCUT2D eigenvalue weighted by Gasteiger charge is -1.98. The van der Waals surface area contributed by atoms with E-state index in [1.165, 1.54) is 6.07 Å². The van der Waals surface area contributed by atoms with Gasteiger partial charge < -0.3 is 4.42 Å². The summed E-state index contributed by atoms with van der Waals surface area (Å²) < 4.78 is 4.87. The third kappa shape index (κ3) is 2.04. The van der Waals surface area contributed by atoms with Gasteiger partial charge in [0.05, 0.1) is 0 Å². The van der Waals surface area contributed by atoms with E-state index in [-0.39, 0.29) is 5.76 Å². The van der Waals surface area contributed by atoms with Crippen molar-refractivity contribution in [3.05, 3.63) is 56.8 Å². The van der Waals surface area contributed by atoms with E-state index in [0.717, 1.165) is 5.56 Å². The van der Waals surface area contributed by atoms with Gasteiger partial charge in [0.1, 0.15) is 5.76 Å². The molecule has 4 heteroatoms. The highest BCUT2D eigenvalue weighted by molar-refractivity contribution is 5.56. The Balaban J connectivity index is 2.59. The topological polar surface area (TPSA) is 63.1 Å². The second kappa shape index (κ2) is 3.57. The highest BCUT2D eigenvalue weighted by Gasteiger charge is 2.02. The van der Waals surface area contributed by atoms with E-state index in [2.05, 4.69) is 0 Å². The van der Waals surface area contributed by atoms with Gasteiger partial charge in [-0.15, -0.1) is 0 Å². The maximum atomic E-state index is 11.0. The lowest BCUT2D eigenvalue weighted by Crippen LogP contribution is -2.17. The molecule has 2 rings (SSSR count). The number of aromatic nitrogens is 1. The van der Waals surface area contributed by atoms with Crippen LogP contribution in [0.5, 0.6) is 0 Å². The maximum Gasteiger partial charge on any atom is 0.419 e. The number of hydrogen-bond donors (Lipinski definition) is 1. The van der Waals surface area contributed by atoms with Gasteiger partial charge in [-0.1, -0.05) is 29.8 Å². The SMILES string of the molecule is Cc1ccc(-c2cc(=O)[nH]c(=O)o2)cc1. The molecule has 0 fully saturated rings. The normalized spacial score (nSPS) is 10.2. The molecule has 0 saturated heterocycles. The number of aromatic amines is 1. The minimum atomic E-state index is -0.738. The van der Waals surface area contributed by atoms with Crippen LogP contribution >= 0.6 is 0 Å². The summed E-state index contributed by atoms with van der Waals surface area (Å²) in [4.78, 5) is 24.0. The van der Waals surface area contributed by atoms with Crippen molar-refractivity contribution in [3.8, 4) is 11.3 Å². The van der Waals surface area contributed by atoms with Crippen LogP contribution in [0.4, 0.5) is 0 Å². The maximum absolute atomic E-state index is 11.0. The van der Waals surface area contributed by atoms with E-state index in [9.17, 15) is 9.59 Å². The molecular weight excluding hydrogens is 194 g/mol. The molecule has 1 N–H and O–H groups in total. The zero-order valence-corrected chi connectivity index (χ0v) is 8.11. The van der Waals surface area contributed by atoms with Crippen LogP contribution in [0.3, 0.4) is 0 Å². The third-order valence-corrected chi connectivity index (χ3v) is 2.03. The molecular formula is C11H9NO3. The highest BCUT2D eigenvalue weighted by Crippen LogP contribution is 2.16. The molecule has 0 atom stereocenters. The molecule has 1 aromatic carbocycles. The molecule has 0 saturated carbocycles. The van der Waals surface area contributed by atoms with E-state index in [1.54, 1.807) is 12.1 Å². The molecule has 0 aliphatic carbocycles. The second-order valence-electron chi connectivity index (χ2n) is 3.25. The molecule has 1 heterocycles. The standard InChI is InChI=1S/C11H9NO3/c1-7-2-4-8(5-3-7)9-6-10(13)12-11(14)15-9/h2-6H,1H3,(H,12,13,14). The molecule has 4 nitrogen and oxygen atoms in total. The minimum Gasteiger partial charge on any atom is -0.409 e. The molecule has 0 aliphatic rings. The fourth-order valence-electron chi connectivity index (χ4n) is 1.27. The average Bonchev–Trinajstić information content (AvgIpc) is 2.17. The summed E-state index contributed by atoms with van der Waals surface area (Å²) in [6.07, 6.45) is 0. The van der Waals surface area contributed by atoms with Crippen molar-refractivity contribution in [1.29, 1.82) is 0 Å². The Hall–Kier alpha value is -2.10. The molecule has 1 aromatic heterocycles. The van der Waals surface area contributed by atoms with Gasteiger partial charge in [-0.2, -0.15) is 0 Å². The zero-order chi connectivity index (χ0) is 10.8. The molecule has 0 amide bonds. The van der Waals surface area contributed by atoms with Gasteiger partial charge >= 0.3 is 5.76 Å². The van der Waals surface area contributed by atoms with Gasteiger partial charge in [0.2, 0.25) is 0 Å². The van der Waals surface area contributed by atoms with Crippen molar-refractivity contribution in [1.82, 2.24) is 4.98 Å². The number of rotatable bonds is 1. The van der Waals surface area contributed by atoms with Crippen LogP contribution in [0.2, 0.25) is 0 Å². The molecule has 0 radical (unpaired) electrons. The first-order chi connectivity index (χ1) is 7.15. The number of H-pyrrole nitrogens is 1. The summed E-state index contributed by atoms with van der Waals surface area (Å²) in [5.41, 5.74) is 1.36. The lowest BCUT2D eigenvalue weighted by atomic mass is 10.1. The fraction of sp³-hybridized carbons (Fsp3) is 0.0909. The zero-order valence-electron chi connectivity index (χ0n) is 8.11. The third-order valence-electron chi connectivity index (χ3n) is 2.03. The summed E-state index contributed by atoms with van der Waals surface area (Å²) in [6.45, 7) is 1.96. The first kappa shape index (κ1) is 9.45. The van der Waals surface area contributed by atoms with Crippen molar-refractivity contribution in [2.24, 2.45) is 0 Å². The van der Waals surface area contributed by atoms with Crippen LogP contribution in [0.15, 0.2) is 44.3 Å². The Labute approximate surface area is 85.2 Å². The number of nitrogens with one attached hydrogen (secondary N) is 1. The second-order valence-corrected chi connectivity index (χ2v) is 3.25. The first-order valence-corrected chi connectivity index (χ1v) is 4.47. The summed E-state index contributed by atoms with van der Waals surface area (Å²) in [6, 6.07) is 8.62. The van der Waals surface area contributed by atoms with Gasteiger partial charge in [-0.05, 0) is 6.92 Å². The molecule has 0 aliphatic heterocycles. The highest BCUT2D eigenvalue weighted by atomic mass is 16.4. The molecule has 0 spiro atoms. The quantitative estimate of drug-likeness (QED) is 0.759. The molecule has 76 valence electrons. The van der Waals surface area contributed by atoms with Gasteiger partial charge in [0, 0.05) is 11.6 Å². The predicted octanol–water partition coefficient (Wildman–Crippen LogP) is 1.30. The largest absolute Gasteiger partial charge is 0.419 e. The van der Waals surface area contributed by atoms with Crippen molar-refractivity contribution < 1.29 is 4.42 Å². The van der Waals surface area contributed by atoms with Crippen LogP contribution in [0, 0.1) is 6.92 Å². The summed E-state index contributed by atoms with van der Waals surface area (Å²) in [5.74, 6) is -0.457. The average molecular weight is 203 g/mol. The van der Waals surface area contributed by atoms with Crippen LogP contribution in [0.25, 0.3) is 11.3 Å². The van der Waals surface area contributed by atoms with Gasteiger partial charge in [-0.25, -0.2) is 4.79 Å². The predicted molar refractivity (Wildman–Crippen MR) is 55.8 cm³/mol. The Morgan fingerprint density at radius 2 is 1.80 bits per heavy atom. The van der Waals surface area contributed by atoms with Crippen molar-refractivity contribution in [2.45, 2.75) is 6.92 Å². The van der Waals surface area contributed by atoms with E-state index in [4.69, 9.17) is 4.42 Å². The van der Waals surface area contributed by atoms with Crippen molar-refractivity contribution in [3.63, 3.8) is 0 Å². The summed E-state index contributed by atoms with van der Waals surface area (Å²) >= 11 is 0. The van der Waals surface area contributed by atoms with Crippen LogP contribution in [-0.2, 0) is 0 Å². The smallest absolute Gasteiger partial charge is 0.409 e. The molecule has 0 bridgehead atoms. The Morgan fingerprint density at radius 1 is 1.13 bits per heavy atom.